The third-order valence-electron chi connectivity index (χ3n) is 4.17. The van der Waals surface area contributed by atoms with E-state index < -0.39 is 0 Å². The van der Waals surface area contributed by atoms with Crippen molar-refractivity contribution in [2.45, 2.75) is 33.2 Å². The Morgan fingerprint density at radius 3 is 3.00 bits per heavy atom. The van der Waals surface area contributed by atoms with Crippen LogP contribution in [0.4, 0.5) is 5.13 Å². The van der Waals surface area contributed by atoms with Crippen molar-refractivity contribution in [3.63, 3.8) is 0 Å². The molecule has 1 atom stereocenters. The zero-order valence-corrected chi connectivity index (χ0v) is 15.3. The highest BCUT2D eigenvalue weighted by Crippen LogP contribution is 2.23. The van der Waals surface area contributed by atoms with E-state index in [4.69, 9.17) is 5.73 Å². The standard InChI is InChI=1S/C16H27N5O2S/c1-3-21(12(2)22)16-19-14(11-24-16)10-20-8-4-5-13(9-20)15(23)18-7-6-17/h11,13H,3-10,17H2,1-2H3,(H,18,23). The van der Waals surface area contributed by atoms with Crippen LogP contribution >= 0.6 is 11.3 Å². The van der Waals surface area contributed by atoms with Crippen LogP contribution in [0.1, 0.15) is 32.4 Å². The zero-order chi connectivity index (χ0) is 17.5. The molecule has 0 bridgehead atoms. The molecule has 0 radical (unpaired) electrons. The molecule has 1 aliphatic heterocycles. The summed E-state index contributed by atoms with van der Waals surface area (Å²) in [7, 11) is 0. The van der Waals surface area contributed by atoms with Crippen molar-refractivity contribution in [2.24, 2.45) is 11.7 Å². The molecule has 24 heavy (non-hydrogen) atoms. The number of nitrogens with two attached hydrogens (primary N) is 1. The van der Waals surface area contributed by atoms with Gasteiger partial charge in [0.25, 0.3) is 0 Å². The summed E-state index contributed by atoms with van der Waals surface area (Å²) < 4.78 is 0. The molecule has 3 N–H and O–H groups in total. The number of carbonyl (C=O) groups is 2. The number of nitrogens with one attached hydrogen (secondary N) is 1. The van der Waals surface area contributed by atoms with Gasteiger partial charge in [-0.2, -0.15) is 0 Å². The van der Waals surface area contributed by atoms with Crippen molar-refractivity contribution in [1.29, 1.82) is 0 Å². The number of likely N-dealkylation sites (tertiary alicyclic amines) is 1. The minimum absolute atomic E-state index is 0.00742. The number of nitrogens with zero attached hydrogens (tertiary/aromatic N) is 3. The smallest absolute Gasteiger partial charge is 0.225 e. The molecule has 2 amide bonds. The fraction of sp³-hybridized carbons (Fsp3) is 0.688. The van der Waals surface area contributed by atoms with Crippen LogP contribution < -0.4 is 16.0 Å². The summed E-state index contributed by atoms with van der Waals surface area (Å²) >= 11 is 1.49. The minimum Gasteiger partial charge on any atom is -0.355 e. The van der Waals surface area contributed by atoms with Gasteiger partial charge in [0.2, 0.25) is 11.8 Å². The molecule has 1 aromatic heterocycles. The Labute approximate surface area is 147 Å². The maximum absolute atomic E-state index is 12.1. The van der Waals surface area contributed by atoms with E-state index in [-0.39, 0.29) is 17.7 Å². The number of rotatable bonds is 7. The first-order valence-corrected chi connectivity index (χ1v) is 9.35. The van der Waals surface area contributed by atoms with Crippen LogP contribution in [0, 0.1) is 5.92 Å². The Morgan fingerprint density at radius 2 is 2.33 bits per heavy atom. The average Bonchev–Trinajstić information content (AvgIpc) is 3.01. The molecule has 7 nitrogen and oxygen atoms in total. The number of piperidine rings is 1. The van der Waals surface area contributed by atoms with Crippen molar-refractivity contribution < 1.29 is 9.59 Å². The molecule has 1 aliphatic rings. The molecule has 0 spiro atoms. The van der Waals surface area contributed by atoms with Crippen molar-refractivity contribution in [3.8, 4) is 0 Å². The third-order valence-corrected chi connectivity index (χ3v) is 5.08. The fourth-order valence-electron chi connectivity index (χ4n) is 2.97. The summed E-state index contributed by atoms with van der Waals surface area (Å²) in [6.45, 7) is 7.54. The van der Waals surface area contributed by atoms with Gasteiger partial charge in [-0.1, -0.05) is 0 Å². The summed E-state index contributed by atoms with van der Waals surface area (Å²) in [5.74, 6) is 0.124. The van der Waals surface area contributed by atoms with Gasteiger partial charge in [0.1, 0.15) is 0 Å². The van der Waals surface area contributed by atoms with Crippen LogP contribution in [-0.2, 0) is 16.1 Å². The Bertz CT molecular complexity index is 562. The number of anilines is 1. The molecule has 2 rings (SSSR count). The van der Waals surface area contributed by atoms with Gasteiger partial charge < -0.3 is 11.1 Å². The lowest BCUT2D eigenvalue weighted by molar-refractivity contribution is -0.126. The van der Waals surface area contributed by atoms with Crippen LogP contribution in [0.2, 0.25) is 0 Å². The quantitative estimate of drug-likeness (QED) is 0.757. The predicted octanol–water partition coefficient (Wildman–Crippen LogP) is 0.803. The molecule has 1 fully saturated rings. The Kier molecular flexibility index (Phi) is 7.14. The number of carbonyl (C=O) groups excluding carboxylic acids is 2. The largest absolute Gasteiger partial charge is 0.355 e. The highest BCUT2D eigenvalue weighted by atomic mass is 32.1. The van der Waals surface area contributed by atoms with Gasteiger partial charge in [-0.15, -0.1) is 11.3 Å². The topological polar surface area (TPSA) is 91.6 Å². The molecule has 0 aromatic carbocycles. The van der Waals surface area contributed by atoms with E-state index in [9.17, 15) is 9.59 Å². The van der Waals surface area contributed by atoms with E-state index in [0.29, 0.717) is 26.2 Å². The van der Waals surface area contributed by atoms with E-state index in [1.54, 1.807) is 11.8 Å². The van der Waals surface area contributed by atoms with Crippen LogP contribution in [0.15, 0.2) is 5.38 Å². The SMILES string of the molecule is CCN(C(C)=O)c1nc(CN2CCCC(C(=O)NCCN)C2)cs1. The summed E-state index contributed by atoms with van der Waals surface area (Å²) in [4.78, 5) is 32.2. The molecule has 1 unspecified atom stereocenters. The molecular weight excluding hydrogens is 326 g/mol. The fourth-order valence-corrected chi connectivity index (χ4v) is 3.89. The summed E-state index contributed by atoms with van der Waals surface area (Å²) in [5.41, 5.74) is 6.39. The van der Waals surface area contributed by atoms with Gasteiger partial charge in [0.15, 0.2) is 5.13 Å². The Balaban J connectivity index is 1.92. The van der Waals surface area contributed by atoms with Gasteiger partial charge in [-0.05, 0) is 26.3 Å². The zero-order valence-electron chi connectivity index (χ0n) is 14.5. The van der Waals surface area contributed by atoms with Crippen molar-refractivity contribution in [1.82, 2.24) is 15.2 Å². The molecule has 8 heteroatoms. The Hall–Kier alpha value is -1.51. The van der Waals surface area contributed by atoms with Gasteiger partial charge in [0.05, 0.1) is 11.6 Å². The second kappa shape index (κ2) is 9.10. The van der Waals surface area contributed by atoms with E-state index in [1.165, 1.54) is 11.3 Å². The number of aromatic nitrogens is 1. The lowest BCUT2D eigenvalue weighted by Crippen LogP contribution is -2.43. The molecular formula is C16H27N5O2S. The second-order valence-electron chi connectivity index (χ2n) is 6.04. The highest BCUT2D eigenvalue weighted by Gasteiger charge is 2.26. The van der Waals surface area contributed by atoms with Crippen LogP contribution in [0.25, 0.3) is 0 Å². The maximum Gasteiger partial charge on any atom is 0.225 e. The molecule has 1 saturated heterocycles. The number of amides is 2. The van der Waals surface area contributed by atoms with Crippen LogP contribution in [0.5, 0.6) is 0 Å². The number of hydrogen-bond donors (Lipinski definition) is 2. The van der Waals surface area contributed by atoms with Crippen molar-refractivity contribution >= 4 is 28.3 Å². The summed E-state index contributed by atoms with van der Waals surface area (Å²) in [6, 6.07) is 0. The van der Waals surface area contributed by atoms with Crippen LogP contribution in [0.3, 0.4) is 0 Å². The van der Waals surface area contributed by atoms with Gasteiger partial charge in [-0.3, -0.25) is 19.4 Å². The monoisotopic (exact) mass is 353 g/mol. The summed E-state index contributed by atoms with van der Waals surface area (Å²) in [6.07, 6.45) is 1.93. The van der Waals surface area contributed by atoms with Crippen LogP contribution in [-0.4, -0.2) is 54.4 Å². The molecule has 1 aromatic rings. The van der Waals surface area contributed by atoms with Gasteiger partial charge in [-0.25, -0.2) is 4.98 Å². The second-order valence-corrected chi connectivity index (χ2v) is 6.88. The number of hydrogen-bond acceptors (Lipinski definition) is 6. The predicted molar refractivity (Wildman–Crippen MR) is 95.9 cm³/mol. The van der Waals surface area contributed by atoms with Gasteiger partial charge in [0, 0.05) is 45.0 Å². The highest BCUT2D eigenvalue weighted by molar-refractivity contribution is 7.14. The normalized spacial score (nSPS) is 18.4. The maximum atomic E-state index is 12.1. The van der Waals surface area contributed by atoms with E-state index in [0.717, 1.165) is 36.8 Å². The lowest BCUT2D eigenvalue weighted by atomic mass is 9.97. The lowest BCUT2D eigenvalue weighted by Gasteiger charge is -2.31. The minimum atomic E-state index is 0.00742. The van der Waals surface area contributed by atoms with E-state index in [2.05, 4.69) is 15.2 Å². The first kappa shape index (κ1) is 18.8. The molecule has 134 valence electrons. The molecule has 0 aliphatic carbocycles. The van der Waals surface area contributed by atoms with E-state index >= 15 is 0 Å². The van der Waals surface area contributed by atoms with Crippen molar-refractivity contribution in [3.05, 3.63) is 11.1 Å². The van der Waals surface area contributed by atoms with E-state index in [1.807, 2.05) is 12.3 Å². The third kappa shape index (κ3) is 4.99. The van der Waals surface area contributed by atoms with Crippen molar-refractivity contribution in [2.75, 3.05) is 37.6 Å². The molecule has 2 heterocycles. The number of thiazole rings is 1. The first-order chi connectivity index (χ1) is 11.5. The van der Waals surface area contributed by atoms with Gasteiger partial charge >= 0.3 is 0 Å². The first-order valence-electron chi connectivity index (χ1n) is 8.47. The average molecular weight is 353 g/mol. The summed E-state index contributed by atoms with van der Waals surface area (Å²) in [5, 5.41) is 5.62. The molecule has 0 saturated carbocycles. The Morgan fingerprint density at radius 1 is 1.54 bits per heavy atom.